The van der Waals surface area contributed by atoms with Crippen LogP contribution in [0.4, 0.5) is 5.82 Å². The van der Waals surface area contributed by atoms with Crippen LogP contribution in [-0.4, -0.2) is 72.8 Å². The summed E-state index contributed by atoms with van der Waals surface area (Å²) in [4.78, 5) is 38.7. The fourth-order valence-corrected chi connectivity index (χ4v) is 3.56. The first-order valence-electron chi connectivity index (χ1n) is 10.5. The van der Waals surface area contributed by atoms with E-state index in [0.717, 1.165) is 32.3 Å². The van der Waals surface area contributed by atoms with E-state index in [1.54, 1.807) is 13.0 Å². The number of hydrogen-bond donors (Lipinski definition) is 2. The highest BCUT2D eigenvalue weighted by Gasteiger charge is 2.25. The van der Waals surface area contributed by atoms with Crippen LogP contribution in [0, 0.1) is 6.92 Å². The molecule has 10 nitrogen and oxygen atoms in total. The van der Waals surface area contributed by atoms with Gasteiger partial charge < -0.3 is 29.5 Å². The monoisotopic (exact) mass is 422 g/mol. The summed E-state index contributed by atoms with van der Waals surface area (Å²) in [5, 5.41) is 9.13. The summed E-state index contributed by atoms with van der Waals surface area (Å²) in [6.07, 6.45) is 3.68. The number of ether oxygens (including phenoxy) is 2. The number of nitrogens with zero attached hydrogens (tertiary/aromatic N) is 2. The molecule has 0 radical (unpaired) electrons. The van der Waals surface area contributed by atoms with Crippen molar-refractivity contribution >= 4 is 23.5 Å². The minimum Gasteiger partial charge on any atom is -0.376 e. The van der Waals surface area contributed by atoms with Crippen molar-refractivity contribution in [2.75, 3.05) is 38.2 Å². The average molecular weight is 422 g/mol. The Kier molecular flexibility index (Phi) is 8.21. The third kappa shape index (κ3) is 7.10. The minimum atomic E-state index is -0.337. The molecule has 2 aliphatic heterocycles. The van der Waals surface area contributed by atoms with Crippen molar-refractivity contribution in [3.05, 3.63) is 11.8 Å². The van der Waals surface area contributed by atoms with Crippen LogP contribution in [0.3, 0.4) is 0 Å². The van der Waals surface area contributed by atoms with Gasteiger partial charge in [0.1, 0.15) is 5.76 Å². The average Bonchev–Trinajstić information content (AvgIpc) is 3.48. The summed E-state index contributed by atoms with van der Waals surface area (Å²) in [6.45, 7) is 3.84. The maximum absolute atomic E-state index is 12.7. The highest BCUT2D eigenvalue weighted by molar-refractivity contribution is 5.93. The van der Waals surface area contributed by atoms with E-state index in [4.69, 9.17) is 14.0 Å². The van der Waals surface area contributed by atoms with Crippen LogP contribution in [0.25, 0.3) is 0 Å². The lowest BCUT2D eigenvalue weighted by molar-refractivity contribution is -0.138. The molecule has 2 saturated heterocycles. The SMILES string of the molecule is Cc1cc(NC(=O)CCC(=O)N(CC(=O)NC[C@H]2CCCO2)C[C@H]2CCCO2)no1. The van der Waals surface area contributed by atoms with Gasteiger partial charge in [-0.1, -0.05) is 5.16 Å². The van der Waals surface area contributed by atoms with Crippen LogP contribution in [0.2, 0.25) is 0 Å². The van der Waals surface area contributed by atoms with E-state index in [1.807, 2.05) is 0 Å². The lowest BCUT2D eigenvalue weighted by Crippen LogP contribution is -2.45. The van der Waals surface area contributed by atoms with Crippen LogP contribution in [-0.2, 0) is 23.9 Å². The van der Waals surface area contributed by atoms with Gasteiger partial charge in [0.25, 0.3) is 0 Å². The molecule has 2 N–H and O–H groups in total. The number of aryl methyl sites for hydroxylation is 1. The van der Waals surface area contributed by atoms with Gasteiger partial charge in [-0.3, -0.25) is 14.4 Å². The summed E-state index contributed by atoms with van der Waals surface area (Å²) in [6, 6.07) is 1.60. The van der Waals surface area contributed by atoms with Crippen LogP contribution in [0.15, 0.2) is 10.6 Å². The molecule has 0 spiro atoms. The molecule has 166 valence electrons. The second-order valence-corrected chi connectivity index (χ2v) is 7.72. The molecule has 0 aromatic carbocycles. The summed E-state index contributed by atoms with van der Waals surface area (Å²) in [5.41, 5.74) is 0. The van der Waals surface area contributed by atoms with Crippen LogP contribution in [0.1, 0.15) is 44.3 Å². The zero-order valence-electron chi connectivity index (χ0n) is 17.4. The number of rotatable bonds is 10. The molecule has 2 aliphatic rings. The topological polar surface area (TPSA) is 123 Å². The predicted octanol–water partition coefficient (Wildman–Crippen LogP) is 1.00. The molecule has 30 heavy (non-hydrogen) atoms. The Morgan fingerprint density at radius 1 is 1.10 bits per heavy atom. The van der Waals surface area contributed by atoms with Gasteiger partial charge in [-0.15, -0.1) is 0 Å². The van der Waals surface area contributed by atoms with Gasteiger partial charge in [0, 0.05) is 45.2 Å². The normalized spacial score (nSPS) is 20.8. The van der Waals surface area contributed by atoms with Gasteiger partial charge in [-0.2, -0.15) is 0 Å². The molecule has 10 heteroatoms. The number of amides is 3. The number of anilines is 1. The van der Waals surface area contributed by atoms with Crippen LogP contribution >= 0.6 is 0 Å². The Hall–Kier alpha value is -2.46. The Bertz CT molecular complexity index is 725. The molecule has 3 rings (SSSR count). The Labute approximate surface area is 175 Å². The molecule has 1 aromatic heterocycles. The number of carbonyl (C=O) groups excluding carboxylic acids is 3. The Balaban J connectivity index is 1.47. The van der Waals surface area contributed by atoms with Crippen molar-refractivity contribution in [2.45, 2.75) is 57.7 Å². The van der Waals surface area contributed by atoms with Crippen molar-refractivity contribution in [2.24, 2.45) is 0 Å². The molecule has 0 unspecified atom stereocenters. The molecule has 0 saturated carbocycles. The first-order valence-corrected chi connectivity index (χ1v) is 10.5. The van der Waals surface area contributed by atoms with Crippen LogP contribution < -0.4 is 10.6 Å². The molecular weight excluding hydrogens is 392 g/mol. The van der Waals surface area contributed by atoms with E-state index in [-0.39, 0.29) is 49.3 Å². The maximum atomic E-state index is 12.7. The standard InChI is InChI=1S/C20H30N4O6/c1-14-10-17(23-30-14)22-18(25)6-7-20(27)24(12-16-5-3-9-29-16)13-19(26)21-11-15-4-2-8-28-15/h10,15-16H,2-9,11-13H2,1H3,(H,21,26)(H,22,23,25)/t15-,16-/m1/s1. The maximum Gasteiger partial charge on any atom is 0.239 e. The number of carbonyl (C=O) groups is 3. The molecule has 0 aliphatic carbocycles. The number of hydrogen-bond acceptors (Lipinski definition) is 7. The zero-order chi connectivity index (χ0) is 21.3. The highest BCUT2D eigenvalue weighted by atomic mass is 16.5. The summed E-state index contributed by atoms with van der Waals surface area (Å²) in [5.74, 6) is 0.0629. The van der Waals surface area contributed by atoms with E-state index in [9.17, 15) is 14.4 Å². The molecule has 3 heterocycles. The van der Waals surface area contributed by atoms with Crippen molar-refractivity contribution < 1.29 is 28.4 Å². The number of nitrogens with one attached hydrogen (secondary N) is 2. The van der Waals surface area contributed by atoms with Crippen molar-refractivity contribution in [3.8, 4) is 0 Å². The van der Waals surface area contributed by atoms with Gasteiger partial charge in [-0.25, -0.2) is 0 Å². The molecule has 2 fully saturated rings. The third-order valence-electron chi connectivity index (χ3n) is 5.15. The fourth-order valence-electron chi connectivity index (χ4n) is 3.56. The third-order valence-corrected chi connectivity index (χ3v) is 5.15. The largest absolute Gasteiger partial charge is 0.376 e. The lowest BCUT2D eigenvalue weighted by atomic mass is 10.2. The molecular formula is C20H30N4O6. The van der Waals surface area contributed by atoms with Crippen LogP contribution in [0.5, 0.6) is 0 Å². The van der Waals surface area contributed by atoms with E-state index >= 15 is 0 Å². The molecule has 1 aromatic rings. The van der Waals surface area contributed by atoms with Gasteiger partial charge >= 0.3 is 0 Å². The Morgan fingerprint density at radius 2 is 1.83 bits per heavy atom. The quantitative estimate of drug-likeness (QED) is 0.577. The Morgan fingerprint density at radius 3 is 2.47 bits per heavy atom. The highest BCUT2D eigenvalue weighted by Crippen LogP contribution is 2.15. The minimum absolute atomic E-state index is 0.00555. The summed E-state index contributed by atoms with van der Waals surface area (Å²) >= 11 is 0. The number of aromatic nitrogens is 1. The predicted molar refractivity (Wildman–Crippen MR) is 107 cm³/mol. The zero-order valence-corrected chi connectivity index (χ0v) is 17.4. The van der Waals surface area contributed by atoms with Crippen molar-refractivity contribution in [3.63, 3.8) is 0 Å². The smallest absolute Gasteiger partial charge is 0.239 e. The van der Waals surface area contributed by atoms with E-state index < -0.39 is 0 Å². The van der Waals surface area contributed by atoms with E-state index in [0.29, 0.717) is 31.3 Å². The second kappa shape index (κ2) is 11.1. The van der Waals surface area contributed by atoms with Gasteiger partial charge in [0.05, 0.1) is 18.8 Å². The fraction of sp³-hybridized carbons (Fsp3) is 0.700. The van der Waals surface area contributed by atoms with Gasteiger partial charge in [0.2, 0.25) is 17.7 Å². The molecule has 0 bridgehead atoms. The summed E-state index contributed by atoms with van der Waals surface area (Å²) in [7, 11) is 0. The lowest BCUT2D eigenvalue weighted by Gasteiger charge is -2.25. The van der Waals surface area contributed by atoms with Gasteiger partial charge in [0.15, 0.2) is 5.82 Å². The van der Waals surface area contributed by atoms with E-state index in [1.165, 1.54) is 4.90 Å². The first-order chi connectivity index (χ1) is 14.5. The molecule has 3 amide bonds. The van der Waals surface area contributed by atoms with E-state index in [2.05, 4.69) is 15.8 Å². The second-order valence-electron chi connectivity index (χ2n) is 7.72. The van der Waals surface area contributed by atoms with Crippen molar-refractivity contribution in [1.82, 2.24) is 15.4 Å². The first kappa shape index (κ1) is 22.2. The summed E-state index contributed by atoms with van der Waals surface area (Å²) < 4.78 is 16.0. The van der Waals surface area contributed by atoms with Crippen molar-refractivity contribution in [1.29, 1.82) is 0 Å². The van der Waals surface area contributed by atoms with Gasteiger partial charge in [-0.05, 0) is 32.6 Å². The molecule has 2 atom stereocenters.